The van der Waals surface area contributed by atoms with Crippen LogP contribution in [0.25, 0.3) is 15.9 Å². The van der Waals surface area contributed by atoms with E-state index in [0.717, 1.165) is 52.3 Å². The molecule has 2 aromatic heterocycles. The lowest BCUT2D eigenvalue weighted by Gasteiger charge is -2.35. The number of carbonyl (C=O) groups is 1. The Morgan fingerprint density at radius 1 is 1.23 bits per heavy atom. The van der Waals surface area contributed by atoms with Crippen molar-refractivity contribution in [3.05, 3.63) is 46.5 Å². The third-order valence-corrected chi connectivity index (χ3v) is 6.49. The lowest BCUT2D eigenvalue weighted by atomic mass is 10.00. The van der Waals surface area contributed by atoms with Crippen LogP contribution in [0.2, 0.25) is 0 Å². The van der Waals surface area contributed by atoms with Crippen LogP contribution in [0.3, 0.4) is 0 Å². The standard InChI is InChI=1S/C21H25N3OS/c1-4-16-7-5-6-12-23(16)20(25)19-13-18-15(3)22-24(21(18)26-19)17-10-8-14(2)9-11-17/h8-11,13,16H,4-7,12H2,1-3H3. The zero-order valence-corrected chi connectivity index (χ0v) is 16.5. The van der Waals surface area contributed by atoms with Gasteiger partial charge in [0.25, 0.3) is 5.91 Å². The van der Waals surface area contributed by atoms with Crippen molar-refractivity contribution in [3.63, 3.8) is 0 Å². The monoisotopic (exact) mass is 367 g/mol. The average molecular weight is 368 g/mol. The number of rotatable bonds is 3. The fourth-order valence-electron chi connectivity index (χ4n) is 3.85. The molecule has 1 aliphatic heterocycles. The van der Waals surface area contributed by atoms with E-state index in [0.29, 0.717) is 6.04 Å². The summed E-state index contributed by atoms with van der Waals surface area (Å²) < 4.78 is 1.97. The molecule has 5 heteroatoms. The van der Waals surface area contributed by atoms with Gasteiger partial charge in [-0.25, -0.2) is 4.68 Å². The van der Waals surface area contributed by atoms with Crippen LogP contribution in [0, 0.1) is 13.8 Å². The maximum atomic E-state index is 13.1. The molecule has 0 spiro atoms. The second-order valence-corrected chi connectivity index (χ2v) is 8.25. The number of nitrogens with zero attached hydrogens (tertiary/aromatic N) is 3. The van der Waals surface area contributed by atoms with E-state index in [4.69, 9.17) is 5.10 Å². The van der Waals surface area contributed by atoms with Gasteiger partial charge >= 0.3 is 0 Å². The molecule has 0 aliphatic carbocycles. The van der Waals surface area contributed by atoms with Crippen LogP contribution in [0.5, 0.6) is 0 Å². The number of piperidine rings is 1. The van der Waals surface area contributed by atoms with E-state index in [2.05, 4.69) is 43.0 Å². The maximum absolute atomic E-state index is 13.1. The molecule has 1 atom stereocenters. The number of likely N-dealkylation sites (tertiary alicyclic amines) is 1. The first-order valence-corrected chi connectivity index (χ1v) is 10.3. The summed E-state index contributed by atoms with van der Waals surface area (Å²) in [7, 11) is 0. The number of amides is 1. The number of aryl methyl sites for hydroxylation is 2. The van der Waals surface area contributed by atoms with Crippen molar-refractivity contribution < 1.29 is 4.79 Å². The van der Waals surface area contributed by atoms with Gasteiger partial charge in [0.05, 0.1) is 16.3 Å². The van der Waals surface area contributed by atoms with E-state index in [-0.39, 0.29) is 5.91 Å². The quantitative estimate of drug-likeness (QED) is 0.645. The molecule has 0 saturated carbocycles. The fourth-order valence-corrected chi connectivity index (χ4v) is 4.99. The van der Waals surface area contributed by atoms with Crippen molar-refractivity contribution in [1.82, 2.24) is 14.7 Å². The topological polar surface area (TPSA) is 38.1 Å². The highest BCUT2D eigenvalue weighted by atomic mass is 32.1. The van der Waals surface area contributed by atoms with E-state index in [9.17, 15) is 4.79 Å². The molecule has 4 rings (SSSR count). The second kappa shape index (κ2) is 6.88. The molecular weight excluding hydrogens is 342 g/mol. The lowest BCUT2D eigenvalue weighted by molar-refractivity contribution is 0.0613. The molecule has 0 bridgehead atoms. The van der Waals surface area contributed by atoms with Crippen LogP contribution >= 0.6 is 11.3 Å². The van der Waals surface area contributed by atoms with Crippen molar-refractivity contribution >= 4 is 27.5 Å². The summed E-state index contributed by atoms with van der Waals surface area (Å²) >= 11 is 1.57. The SMILES string of the molecule is CCC1CCCCN1C(=O)c1cc2c(C)nn(-c3ccc(C)cc3)c2s1. The average Bonchev–Trinajstić information content (AvgIpc) is 3.23. The fraction of sp³-hybridized carbons (Fsp3) is 0.429. The minimum atomic E-state index is 0.188. The molecule has 26 heavy (non-hydrogen) atoms. The van der Waals surface area contributed by atoms with Crippen LogP contribution in [0.15, 0.2) is 30.3 Å². The molecule has 0 N–H and O–H groups in total. The first kappa shape index (κ1) is 17.3. The molecule has 1 amide bonds. The van der Waals surface area contributed by atoms with Crippen molar-refractivity contribution in [3.8, 4) is 5.69 Å². The van der Waals surface area contributed by atoms with E-state index >= 15 is 0 Å². The third kappa shape index (κ3) is 2.94. The molecule has 136 valence electrons. The summed E-state index contributed by atoms with van der Waals surface area (Å²) in [4.78, 5) is 17.1. The predicted molar refractivity (Wildman–Crippen MR) is 107 cm³/mol. The highest BCUT2D eigenvalue weighted by molar-refractivity contribution is 7.20. The van der Waals surface area contributed by atoms with Gasteiger partial charge in [0.1, 0.15) is 4.83 Å². The Morgan fingerprint density at radius 2 is 2.00 bits per heavy atom. The highest BCUT2D eigenvalue weighted by Gasteiger charge is 2.28. The van der Waals surface area contributed by atoms with E-state index in [1.807, 2.05) is 17.7 Å². The summed E-state index contributed by atoms with van der Waals surface area (Å²) in [5, 5.41) is 5.78. The second-order valence-electron chi connectivity index (χ2n) is 7.22. The Labute approximate surface area is 158 Å². The smallest absolute Gasteiger partial charge is 0.264 e. The number of aromatic nitrogens is 2. The molecule has 1 aliphatic rings. The molecule has 0 radical (unpaired) electrons. The zero-order chi connectivity index (χ0) is 18.3. The van der Waals surface area contributed by atoms with Crippen molar-refractivity contribution in [2.45, 2.75) is 52.5 Å². The van der Waals surface area contributed by atoms with E-state index < -0.39 is 0 Å². The van der Waals surface area contributed by atoms with Gasteiger partial charge in [-0.2, -0.15) is 5.10 Å². The number of benzene rings is 1. The summed E-state index contributed by atoms with van der Waals surface area (Å²) in [5.74, 6) is 0.188. The molecule has 1 saturated heterocycles. The normalized spacial score (nSPS) is 17.8. The third-order valence-electron chi connectivity index (χ3n) is 5.39. The van der Waals surface area contributed by atoms with Gasteiger partial charge in [0.2, 0.25) is 0 Å². The van der Waals surface area contributed by atoms with Gasteiger partial charge in [0.15, 0.2) is 0 Å². The van der Waals surface area contributed by atoms with Gasteiger partial charge in [-0.15, -0.1) is 11.3 Å². The number of thiophene rings is 1. The van der Waals surface area contributed by atoms with Crippen LogP contribution in [0.1, 0.15) is 53.5 Å². The Morgan fingerprint density at radius 3 is 2.73 bits per heavy atom. The first-order chi connectivity index (χ1) is 12.6. The van der Waals surface area contributed by atoms with Gasteiger partial charge in [-0.05, 0) is 57.7 Å². The van der Waals surface area contributed by atoms with Gasteiger partial charge in [-0.1, -0.05) is 24.6 Å². The minimum absolute atomic E-state index is 0.188. The maximum Gasteiger partial charge on any atom is 0.264 e. The van der Waals surface area contributed by atoms with Crippen molar-refractivity contribution in [2.75, 3.05) is 6.54 Å². The molecule has 1 aromatic carbocycles. The van der Waals surface area contributed by atoms with Crippen LogP contribution in [-0.4, -0.2) is 33.2 Å². The van der Waals surface area contributed by atoms with Crippen molar-refractivity contribution in [2.24, 2.45) is 0 Å². The largest absolute Gasteiger partial charge is 0.335 e. The molecule has 3 aromatic rings. The Kier molecular flexibility index (Phi) is 4.57. The summed E-state index contributed by atoms with van der Waals surface area (Å²) in [6.45, 7) is 7.16. The van der Waals surface area contributed by atoms with Crippen LogP contribution in [-0.2, 0) is 0 Å². The molecule has 1 fully saturated rings. The molecule has 1 unspecified atom stereocenters. The molecule has 3 heterocycles. The number of hydrogen-bond acceptors (Lipinski definition) is 3. The van der Waals surface area contributed by atoms with Crippen LogP contribution < -0.4 is 0 Å². The number of carbonyl (C=O) groups excluding carboxylic acids is 1. The summed E-state index contributed by atoms with van der Waals surface area (Å²) in [6.07, 6.45) is 4.51. The van der Waals surface area contributed by atoms with Gasteiger partial charge < -0.3 is 4.90 Å². The molecule has 4 nitrogen and oxygen atoms in total. The molecular formula is C21H25N3OS. The Balaban J connectivity index is 1.72. The minimum Gasteiger partial charge on any atom is -0.335 e. The lowest BCUT2D eigenvalue weighted by Crippen LogP contribution is -2.43. The van der Waals surface area contributed by atoms with Gasteiger partial charge in [-0.3, -0.25) is 4.79 Å². The predicted octanol–water partition coefficient (Wildman–Crippen LogP) is 5.11. The summed E-state index contributed by atoms with van der Waals surface area (Å²) in [6, 6.07) is 10.8. The first-order valence-electron chi connectivity index (χ1n) is 9.45. The Hall–Kier alpha value is -2.14. The van der Waals surface area contributed by atoms with E-state index in [1.54, 1.807) is 11.3 Å². The number of fused-ring (bicyclic) bond motifs is 1. The summed E-state index contributed by atoms with van der Waals surface area (Å²) in [5.41, 5.74) is 3.24. The number of hydrogen-bond donors (Lipinski definition) is 0. The highest BCUT2D eigenvalue weighted by Crippen LogP contribution is 2.32. The van der Waals surface area contributed by atoms with Crippen molar-refractivity contribution in [1.29, 1.82) is 0 Å². The zero-order valence-electron chi connectivity index (χ0n) is 15.7. The van der Waals surface area contributed by atoms with Crippen LogP contribution in [0.4, 0.5) is 0 Å². The van der Waals surface area contributed by atoms with E-state index in [1.165, 1.54) is 12.0 Å². The van der Waals surface area contributed by atoms with Gasteiger partial charge in [0, 0.05) is 18.0 Å². The Bertz CT molecular complexity index is 938.